The van der Waals surface area contributed by atoms with Crippen LogP contribution in [-0.4, -0.2) is 29.8 Å². The fourth-order valence-electron chi connectivity index (χ4n) is 1.69. The van der Waals surface area contributed by atoms with Gasteiger partial charge in [-0.25, -0.2) is 4.79 Å². The Labute approximate surface area is 132 Å². The summed E-state index contributed by atoms with van der Waals surface area (Å²) < 4.78 is 5.94. The average Bonchev–Trinajstić information content (AvgIpc) is 2.38. The number of halogens is 1. The number of carbonyl (C=O) groups is 2. The van der Waals surface area contributed by atoms with E-state index in [1.165, 1.54) is 0 Å². The summed E-state index contributed by atoms with van der Waals surface area (Å²) in [4.78, 5) is 22.5. The fraction of sp³-hybridized carbons (Fsp3) is 0.429. The van der Waals surface area contributed by atoms with Gasteiger partial charge in [-0.3, -0.25) is 4.79 Å². The van der Waals surface area contributed by atoms with E-state index in [-0.39, 0.29) is 6.42 Å². The summed E-state index contributed by atoms with van der Waals surface area (Å²) in [6, 6.07) is 4.80. The van der Waals surface area contributed by atoms with Crippen molar-refractivity contribution in [3.63, 3.8) is 0 Å². The summed E-state index contributed by atoms with van der Waals surface area (Å²) in [5, 5.41) is 14.1. The molecule has 0 unspecified atom stereocenters. The van der Waals surface area contributed by atoms with Crippen LogP contribution in [0.25, 0.3) is 0 Å². The van der Waals surface area contributed by atoms with Crippen LogP contribution in [0.15, 0.2) is 22.7 Å². The summed E-state index contributed by atoms with van der Waals surface area (Å²) in [5.74, 6) is -0.277. The van der Waals surface area contributed by atoms with Gasteiger partial charge in [0.2, 0.25) is 0 Å². The number of methoxy groups -OCH3 is 1. The zero-order chi connectivity index (χ0) is 16.0. The van der Waals surface area contributed by atoms with Crippen LogP contribution in [0.5, 0.6) is 5.75 Å². The minimum atomic E-state index is -0.886. The normalized spacial score (nSPS) is 10.9. The van der Waals surface area contributed by atoms with Crippen molar-refractivity contribution in [2.24, 2.45) is 0 Å². The highest BCUT2D eigenvalue weighted by molar-refractivity contribution is 9.10. The molecule has 0 radical (unpaired) electrons. The molecule has 0 fully saturated rings. The van der Waals surface area contributed by atoms with Gasteiger partial charge in [0.15, 0.2) is 0 Å². The second kappa shape index (κ2) is 7.31. The minimum absolute atomic E-state index is 0.000609. The molecule has 0 saturated carbocycles. The predicted octanol–water partition coefficient (Wildman–Crippen LogP) is 3.22. The molecule has 0 aliphatic heterocycles. The first-order valence-corrected chi connectivity index (χ1v) is 7.17. The first kappa shape index (κ1) is 17.3. The molecule has 2 amide bonds. The maximum absolute atomic E-state index is 11.9. The average molecular weight is 359 g/mol. The van der Waals surface area contributed by atoms with Gasteiger partial charge in [0.1, 0.15) is 5.75 Å². The van der Waals surface area contributed by atoms with E-state index in [1.807, 2.05) is 0 Å². The molecule has 116 valence electrons. The molecule has 21 heavy (non-hydrogen) atoms. The second-order valence-corrected chi connectivity index (χ2v) is 6.06. The third-order valence-electron chi connectivity index (χ3n) is 2.82. The second-order valence-electron chi connectivity index (χ2n) is 5.21. The van der Waals surface area contributed by atoms with Gasteiger partial charge >= 0.3 is 12.0 Å². The van der Waals surface area contributed by atoms with Crippen molar-refractivity contribution >= 4 is 33.6 Å². The first-order chi connectivity index (χ1) is 9.73. The predicted molar refractivity (Wildman–Crippen MR) is 83.8 cm³/mol. The Morgan fingerprint density at radius 3 is 2.62 bits per heavy atom. The lowest BCUT2D eigenvalue weighted by Crippen LogP contribution is -2.45. The van der Waals surface area contributed by atoms with E-state index in [0.717, 1.165) is 4.47 Å². The van der Waals surface area contributed by atoms with E-state index in [2.05, 4.69) is 26.6 Å². The molecule has 0 atom stereocenters. The molecular weight excluding hydrogens is 340 g/mol. The summed E-state index contributed by atoms with van der Waals surface area (Å²) in [5.41, 5.74) is -0.0244. The van der Waals surface area contributed by atoms with E-state index in [9.17, 15) is 9.59 Å². The number of benzene rings is 1. The topological polar surface area (TPSA) is 87.7 Å². The van der Waals surface area contributed by atoms with E-state index >= 15 is 0 Å². The highest BCUT2D eigenvalue weighted by atomic mass is 79.9. The van der Waals surface area contributed by atoms with Gasteiger partial charge in [-0.15, -0.1) is 0 Å². The van der Waals surface area contributed by atoms with E-state index in [1.54, 1.807) is 39.2 Å². The maximum atomic E-state index is 11.9. The fourth-order valence-corrected chi connectivity index (χ4v) is 2.10. The van der Waals surface area contributed by atoms with Crippen molar-refractivity contribution in [3.05, 3.63) is 22.7 Å². The van der Waals surface area contributed by atoms with E-state index < -0.39 is 17.5 Å². The molecule has 0 spiro atoms. The molecule has 1 aromatic carbocycles. The van der Waals surface area contributed by atoms with Gasteiger partial charge in [0.25, 0.3) is 0 Å². The SMILES string of the molecule is COc1cc(NC(=O)NC(C)(C)CCC(=O)O)ccc1Br. The molecule has 7 heteroatoms. The molecule has 0 aliphatic rings. The molecule has 6 nitrogen and oxygen atoms in total. The zero-order valence-electron chi connectivity index (χ0n) is 12.2. The molecule has 3 N–H and O–H groups in total. The highest BCUT2D eigenvalue weighted by Crippen LogP contribution is 2.27. The number of carboxylic acids is 1. The lowest BCUT2D eigenvalue weighted by molar-refractivity contribution is -0.137. The van der Waals surface area contributed by atoms with Crippen molar-refractivity contribution in [3.8, 4) is 5.75 Å². The number of carbonyl (C=O) groups excluding carboxylic acids is 1. The summed E-state index contributed by atoms with van der Waals surface area (Å²) >= 11 is 3.33. The quantitative estimate of drug-likeness (QED) is 0.728. The summed E-state index contributed by atoms with van der Waals surface area (Å²) in [6.07, 6.45) is 0.346. The van der Waals surface area contributed by atoms with Crippen LogP contribution >= 0.6 is 15.9 Å². The van der Waals surface area contributed by atoms with Crippen LogP contribution in [0, 0.1) is 0 Å². The van der Waals surface area contributed by atoms with Gasteiger partial charge in [-0.1, -0.05) is 0 Å². The molecule has 1 aromatic rings. The van der Waals surface area contributed by atoms with Gasteiger partial charge in [0, 0.05) is 23.7 Å². The Balaban J connectivity index is 2.62. The Morgan fingerprint density at radius 1 is 1.38 bits per heavy atom. The van der Waals surface area contributed by atoms with Crippen molar-refractivity contribution in [1.29, 1.82) is 0 Å². The van der Waals surface area contributed by atoms with Gasteiger partial charge in [0.05, 0.1) is 11.6 Å². The number of urea groups is 1. The first-order valence-electron chi connectivity index (χ1n) is 6.38. The monoisotopic (exact) mass is 358 g/mol. The van der Waals surface area contributed by atoms with Crippen LogP contribution in [0.2, 0.25) is 0 Å². The maximum Gasteiger partial charge on any atom is 0.319 e. The number of amides is 2. The number of aliphatic carboxylic acids is 1. The van der Waals surface area contributed by atoms with Crippen LogP contribution in [0.3, 0.4) is 0 Å². The molecule has 0 aromatic heterocycles. The van der Waals surface area contributed by atoms with E-state index in [4.69, 9.17) is 9.84 Å². The van der Waals surface area contributed by atoms with Crippen molar-refractivity contribution < 1.29 is 19.4 Å². The van der Waals surface area contributed by atoms with Crippen molar-refractivity contribution in [2.45, 2.75) is 32.2 Å². The van der Waals surface area contributed by atoms with Gasteiger partial charge in [-0.05, 0) is 48.3 Å². The van der Waals surface area contributed by atoms with E-state index in [0.29, 0.717) is 17.9 Å². The molecule has 0 aliphatic carbocycles. The molecule has 0 saturated heterocycles. The minimum Gasteiger partial charge on any atom is -0.495 e. The lowest BCUT2D eigenvalue weighted by Gasteiger charge is -2.25. The molecule has 1 rings (SSSR count). The number of carboxylic acid groups (broad SMARTS) is 1. The third kappa shape index (κ3) is 6.03. The summed E-state index contributed by atoms with van der Waals surface area (Å²) in [6.45, 7) is 3.55. The van der Waals surface area contributed by atoms with Crippen molar-refractivity contribution in [1.82, 2.24) is 5.32 Å². The standard InChI is InChI=1S/C14H19BrN2O4/c1-14(2,7-6-12(18)19)17-13(20)16-9-4-5-10(15)11(8-9)21-3/h4-5,8H,6-7H2,1-3H3,(H,18,19)(H2,16,17,20). The lowest BCUT2D eigenvalue weighted by atomic mass is 9.99. The zero-order valence-corrected chi connectivity index (χ0v) is 13.8. The summed E-state index contributed by atoms with van der Waals surface area (Å²) in [7, 11) is 1.54. The Morgan fingerprint density at radius 2 is 2.05 bits per heavy atom. The number of nitrogens with one attached hydrogen (secondary N) is 2. The number of ether oxygens (including phenoxy) is 1. The Bertz CT molecular complexity index is 532. The molecular formula is C14H19BrN2O4. The number of hydrogen-bond donors (Lipinski definition) is 3. The van der Waals surface area contributed by atoms with Crippen molar-refractivity contribution in [2.75, 3.05) is 12.4 Å². The number of anilines is 1. The Hall–Kier alpha value is -1.76. The van der Waals surface area contributed by atoms with Gasteiger partial charge < -0.3 is 20.5 Å². The Kier molecular flexibility index (Phi) is 6.02. The number of hydrogen-bond acceptors (Lipinski definition) is 3. The molecule has 0 heterocycles. The third-order valence-corrected chi connectivity index (χ3v) is 3.48. The smallest absolute Gasteiger partial charge is 0.319 e. The van der Waals surface area contributed by atoms with Crippen LogP contribution in [0.1, 0.15) is 26.7 Å². The highest BCUT2D eigenvalue weighted by Gasteiger charge is 2.21. The van der Waals surface area contributed by atoms with Gasteiger partial charge in [-0.2, -0.15) is 0 Å². The van der Waals surface area contributed by atoms with Crippen LogP contribution < -0.4 is 15.4 Å². The van der Waals surface area contributed by atoms with Crippen LogP contribution in [0.4, 0.5) is 10.5 Å². The van der Waals surface area contributed by atoms with Crippen LogP contribution in [-0.2, 0) is 4.79 Å². The molecule has 0 bridgehead atoms. The number of rotatable bonds is 6. The largest absolute Gasteiger partial charge is 0.495 e.